The smallest absolute Gasteiger partial charge is 0.236 e. The van der Waals surface area contributed by atoms with Crippen molar-refractivity contribution in [3.05, 3.63) is 42.0 Å². The molecule has 2 heterocycles. The first kappa shape index (κ1) is 26.3. The van der Waals surface area contributed by atoms with Crippen LogP contribution in [0, 0.1) is 17.3 Å². The van der Waals surface area contributed by atoms with Crippen LogP contribution >= 0.6 is 0 Å². The van der Waals surface area contributed by atoms with E-state index in [1.807, 2.05) is 41.8 Å². The van der Waals surface area contributed by atoms with Gasteiger partial charge in [-0.25, -0.2) is 0 Å². The van der Waals surface area contributed by atoms with E-state index in [1.54, 1.807) is 0 Å². The summed E-state index contributed by atoms with van der Waals surface area (Å²) in [5.41, 5.74) is 1.18. The Morgan fingerprint density at radius 3 is 2.59 bits per heavy atom. The van der Waals surface area contributed by atoms with Gasteiger partial charge in [-0.1, -0.05) is 51.1 Å². The summed E-state index contributed by atoms with van der Waals surface area (Å²) >= 11 is 0. The Kier molecular flexibility index (Phi) is 9.17. The molecule has 34 heavy (non-hydrogen) atoms. The van der Waals surface area contributed by atoms with Crippen LogP contribution in [-0.2, 0) is 16.1 Å². The standard InChI is InChI=1S/C28H43N3O3/c1-6-30(7-2)26(32)17-22-14-15-31-19-23(22)12-10-16-34-25-13-9-8-11-24(25)18-29(20-27(31)33)21-28(3,4)5/h8-13,22-23H,6-7,14-21H2,1-5H3/b12-10-/t22-,23-/m0/s1. The summed E-state index contributed by atoms with van der Waals surface area (Å²) in [6, 6.07) is 8.12. The first-order chi connectivity index (χ1) is 16.2. The van der Waals surface area contributed by atoms with Crippen molar-refractivity contribution in [2.24, 2.45) is 17.3 Å². The minimum absolute atomic E-state index is 0.0753. The van der Waals surface area contributed by atoms with Crippen molar-refractivity contribution < 1.29 is 14.3 Å². The summed E-state index contributed by atoms with van der Waals surface area (Å²) in [5.74, 6) is 1.67. The highest BCUT2D eigenvalue weighted by molar-refractivity contribution is 5.79. The number of ether oxygens (including phenoxy) is 1. The number of carbonyl (C=O) groups is 2. The Labute approximate surface area is 205 Å². The van der Waals surface area contributed by atoms with Gasteiger partial charge in [-0.2, -0.15) is 0 Å². The number of rotatable bonds is 5. The van der Waals surface area contributed by atoms with E-state index in [4.69, 9.17) is 4.74 Å². The number of amides is 2. The maximum atomic E-state index is 13.4. The van der Waals surface area contributed by atoms with Crippen LogP contribution in [0.5, 0.6) is 5.75 Å². The molecule has 188 valence electrons. The highest BCUT2D eigenvalue weighted by Crippen LogP contribution is 2.30. The largest absolute Gasteiger partial charge is 0.489 e. The molecule has 2 amide bonds. The summed E-state index contributed by atoms with van der Waals surface area (Å²) < 4.78 is 6.15. The molecular formula is C28H43N3O3. The van der Waals surface area contributed by atoms with Gasteiger partial charge in [0.25, 0.3) is 0 Å². The van der Waals surface area contributed by atoms with Gasteiger partial charge in [0, 0.05) is 51.3 Å². The molecule has 0 unspecified atom stereocenters. The number of fused-ring (bicyclic) bond motifs is 3. The summed E-state index contributed by atoms with van der Waals surface area (Å²) in [7, 11) is 0. The third kappa shape index (κ3) is 7.33. The molecule has 0 saturated carbocycles. The molecule has 1 aromatic carbocycles. The molecule has 0 spiro atoms. The average molecular weight is 470 g/mol. The fourth-order valence-corrected chi connectivity index (χ4v) is 5.17. The van der Waals surface area contributed by atoms with Crippen molar-refractivity contribution in [1.29, 1.82) is 0 Å². The first-order valence-corrected chi connectivity index (χ1v) is 12.9. The molecule has 0 aliphatic carbocycles. The van der Waals surface area contributed by atoms with E-state index in [0.29, 0.717) is 32.7 Å². The molecule has 0 radical (unpaired) electrons. The molecular weight excluding hydrogens is 426 g/mol. The predicted octanol–water partition coefficient (Wildman–Crippen LogP) is 4.21. The van der Waals surface area contributed by atoms with Gasteiger partial charge in [-0.05, 0) is 43.6 Å². The van der Waals surface area contributed by atoms with Crippen LogP contribution in [0.3, 0.4) is 0 Å². The maximum Gasteiger partial charge on any atom is 0.236 e. The van der Waals surface area contributed by atoms with Crippen LogP contribution in [0.4, 0.5) is 0 Å². The highest BCUT2D eigenvalue weighted by Gasteiger charge is 2.33. The minimum Gasteiger partial charge on any atom is -0.489 e. The van der Waals surface area contributed by atoms with Crippen molar-refractivity contribution in [2.45, 2.75) is 54.0 Å². The van der Waals surface area contributed by atoms with Crippen molar-refractivity contribution >= 4 is 11.8 Å². The summed E-state index contributed by atoms with van der Waals surface area (Å²) in [6.45, 7) is 15.9. The number of piperidine rings is 1. The Balaban J connectivity index is 1.83. The Bertz CT molecular complexity index is 857. The van der Waals surface area contributed by atoms with Gasteiger partial charge < -0.3 is 14.5 Å². The lowest BCUT2D eigenvalue weighted by molar-refractivity contribution is -0.136. The molecule has 2 bridgehead atoms. The van der Waals surface area contributed by atoms with Crippen LogP contribution < -0.4 is 4.74 Å². The number of hydrogen-bond acceptors (Lipinski definition) is 4. The number of nitrogens with zero attached hydrogens (tertiary/aromatic N) is 3. The fraction of sp³-hybridized carbons (Fsp3) is 0.643. The number of hydrogen-bond donors (Lipinski definition) is 0. The lowest BCUT2D eigenvalue weighted by Gasteiger charge is -2.39. The van der Waals surface area contributed by atoms with Crippen molar-refractivity contribution in [3.63, 3.8) is 0 Å². The molecule has 2 aliphatic heterocycles. The zero-order valence-electron chi connectivity index (χ0n) is 21.8. The van der Waals surface area contributed by atoms with Gasteiger partial charge in [0.05, 0.1) is 6.54 Å². The number of para-hydroxylation sites is 1. The minimum atomic E-state index is 0.0753. The summed E-state index contributed by atoms with van der Waals surface area (Å²) in [5, 5.41) is 0. The van der Waals surface area contributed by atoms with Gasteiger partial charge in [0.1, 0.15) is 12.4 Å². The van der Waals surface area contributed by atoms with Gasteiger partial charge >= 0.3 is 0 Å². The zero-order chi connectivity index (χ0) is 24.7. The van der Waals surface area contributed by atoms with E-state index in [0.717, 1.165) is 43.9 Å². The normalized spacial score (nSPS) is 23.1. The highest BCUT2D eigenvalue weighted by atomic mass is 16.5. The molecule has 0 aromatic heterocycles. The van der Waals surface area contributed by atoms with Gasteiger partial charge in [0.2, 0.25) is 11.8 Å². The van der Waals surface area contributed by atoms with E-state index < -0.39 is 0 Å². The van der Waals surface area contributed by atoms with Crippen molar-refractivity contribution in [1.82, 2.24) is 14.7 Å². The monoisotopic (exact) mass is 469 g/mol. The Morgan fingerprint density at radius 2 is 1.88 bits per heavy atom. The molecule has 1 saturated heterocycles. The zero-order valence-corrected chi connectivity index (χ0v) is 21.8. The van der Waals surface area contributed by atoms with Crippen LogP contribution in [0.1, 0.15) is 53.0 Å². The molecule has 0 N–H and O–H groups in total. The van der Waals surface area contributed by atoms with Crippen LogP contribution in [0.2, 0.25) is 0 Å². The molecule has 1 aromatic rings. The second-order valence-electron chi connectivity index (χ2n) is 10.9. The summed E-state index contributed by atoms with van der Waals surface area (Å²) in [4.78, 5) is 32.4. The number of benzene rings is 1. The Morgan fingerprint density at radius 1 is 1.15 bits per heavy atom. The molecule has 6 heteroatoms. The van der Waals surface area contributed by atoms with Crippen LogP contribution in [0.15, 0.2) is 36.4 Å². The second kappa shape index (κ2) is 11.9. The SMILES string of the molecule is CCN(CC)C(=O)C[C@@H]1CCN2C[C@@H]1/C=C\COc1ccccc1CN(CC(C)(C)C)CC2=O. The lowest BCUT2D eigenvalue weighted by atomic mass is 9.82. The van der Waals surface area contributed by atoms with Crippen LogP contribution in [-0.4, -0.2) is 72.4 Å². The first-order valence-electron chi connectivity index (χ1n) is 12.9. The van der Waals surface area contributed by atoms with E-state index in [9.17, 15) is 9.59 Å². The molecule has 2 aliphatic rings. The van der Waals surface area contributed by atoms with E-state index >= 15 is 0 Å². The fourth-order valence-electron chi connectivity index (χ4n) is 5.17. The third-order valence-electron chi connectivity index (χ3n) is 6.85. The van der Waals surface area contributed by atoms with Crippen LogP contribution in [0.25, 0.3) is 0 Å². The molecule has 3 rings (SSSR count). The van der Waals surface area contributed by atoms with E-state index in [-0.39, 0.29) is 29.1 Å². The number of carbonyl (C=O) groups excluding carboxylic acids is 2. The topological polar surface area (TPSA) is 53.1 Å². The molecule has 2 atom stereocenters. The average Bonchev–Trinajstić information content (AvgIpc) is 2.78. The van der Waals surface area contributed by atoms with Gasteiger partial charge in [-0.3, -0.25) is 14.5 Å². The molecule has 6 nitrogen and oxygen atoms in total. The summed E-state index contributed by atoms with van der Waals surface area (Å²) in [6.07, 6.45) is 5.63. The van der Waals surface area contributed by atoms with E-state index in [2.05, 4.69) is 43.9 Å². The van der Waals surface area contributed by atoms with Crippen molar-refractivity contribution in [2.75, 3.05) is 45.9 Å². The van der Waals surface area contributed by atoms with Gasteiger partial charge in [-0.15, -0.1) is 0 Å². The predicted molar refractivity (Wildman–Crippen MR) is 137 cm³/mol. The second-order valence-corrected chi connectivity index (χ2v) is 10.9. The third-order valence-corrected chi connectivity index (χ3v) is 6.85. The lowest BCUT2D eigenvalue weighted by Crippen LogP contribution is -2.48. The quantitative estimate of drug-likeness (QED) is 0.607. The Hall–Kier alpha value is -2.34. The van der Waals surface area contributed by atoms with Crippen molar-refractivity contribution in [3.8, 4) is 5.75 Å². The van der Waals surface area contributed by atoms with Gasteiger partial charge in [0.15, 0.2) is 0 Å². The maximum absolute atomic E-state index is 13.4. The molecule has 1 fully saturated rings. The van der Waals surface area contributed by atoms with E-state index in [1.165, 1.54) is 0 Å².